The number of rotatable bonds is 10. The number of hydrogen-bond acceptors (Lipinski definition) is 4. The predicted molar refractivity (Wildman–Crippen MR) is 82.1 cm³/mol. The highest BCUT2D eigenvalue weighted by molar-refractivity contribution is 5.20. The van der Waals surface area contributed by atoms with Gasteiger partial charge in [-0.05, 0) is 31.4 Å². The Morgan fingerprint density at radius 3 is 2.60 bits per heavy atom. The van der Waals surface area contributed by atoms with Crippen molar-refractivity contribution < 1.29 is 9.47 Å². The summed E-state index contributed by atoms with van der Waals surface area (Å²) in [5, 5.41) is 3.44. The van der Waals surface area contributed by atoms with E-state index in [9.17, 15) is 0 Å². The molecule has 0 aliphatic heterocycles. The third-order valence-electron chi connectivity index (χ3n) is 2.89. The highest BCUT2D eigenvalue weighted by atomic mass is 16.5. The molecule has 0 aliphatic carbocycles. The van der Waals surface area contributed by atoms with E-state index in [1.165, 1.54) is 5.56 Å². The van der Waals surface area contributed by atoms with E-state index in [0.29, 0.717) is 31.1 Å². The van der Waals surface area contributed by atoms with Crippen LogP contribution in [0.3, 0.4) is 0 Å². The summed E-state index contributed by atoms with van der Waals surface area (Å²) in [4.78, 5) is 4.32. The Labute approximate surface area is 122 Å². The average Bonchev–Trinajstić information content (AvgIpc) is 2.44. The van der Waals surface area contributed by atoms with E-state index < -0.39 is 0 Å². The molecule has 1 aromatic rings. The molecule has 0 bridgehead atoms. The molecule has 1 N–H and O–H groups in total. The van der Waals surface area contributed by atoms with E-state index in [0.717, 1.165) is 19.6 Å². The minimum absolute atomic E-state index is 0.325. The molecule has 20 heavy (non-hydrogen) atoms. The Bertz CT molecular complexity index is 352. The van der Waals surface area contributed by atoms with Crippen molar-refractivity contribution in [3.05, 3.63) is 23.9 Å². The van der Waals surface area contributed by atoms with Crippen LogP contribution < -0.4 is 10.1 Å². The summed E-state index contributed by atoms with van der Waals surface area (Å²) in [6.45, 7) is 11.5. The number of ether oxygens (including phenoxy) is 2. The Morgan fingerprint density at radius 2 is 2.00 bits per heavy atom. The number of aromatic nitrogens is 1. The van der Waals surface area contributed by atoms with E-state index >= 15 is 0 Å². The lowest BCUT2D eigenvalue weighted by Crippen LogP contribution is -2.19. The van der Waals surface area contributed by atoms with Gasteiger partial charge in [-0.2, -0.15) is 0 Å². The van der Waals surface area contributed by atoms with Gasteiger partial charge in [0, 0.05) is 24.9 Å². The Morgan fingerprint density at radius 1 is 1.20 bits per heavy atom. The molecule has 0 aliphatic rings. The van der Waals surface area contributed by atoms with Gasteiger partial charge >= 0.3 is 0 Å². The molecule has 0 saturated carbocycles. The van der Waals surface area contributed by atoms with Gasteiger partial charge in [-0.15, -0.1) is 0 Å². The fourth-order valence-corrected chi connectivity index (χ4v) is 1.74. The second-order valence-electron chi connectivity index (χ2n) is 5.42. The smallest absolute Gasteiger partial charge is 0.213 e. The zero-order valence-electron chi connectivity index (χ0n) is 13.2. The van der Waals surface area contributed by atoms with Crippen LogP contribution in [0.2, 0.25) is 0 Å². The third kappa shape index (κ3) is 6.87. The Balaban J connectivity index is 2.28. The maximum Gasteiger partial charge on any atom is 0.213 e. The van der Waals surface area contributed by atoms with Gasteiger partial charge in [0.2, 0.25) is 5.88 Å². The van der Waals surface area contributed by atoms with Gasteiger partial charge in [0.15, 0.2) is 0 Å². The summed E-state index contributed by atoms with van der Waals surface area (Å²) < 4.78 is 11.0. The third-order valence-corrected chi connectivity index (χ3v) is 2.89. The lowest BCUT2D eigenvalue weighted by molar-refractivity contribution is 0.0806. The molecule has 0 aromatic carbocycles. The Hall–Kier alpha value is -1.13. The van der Waals surface area contributed by atoms with Gasteiger partial charge in [0.05, 0.1) is 6.61 Å². The van der Waals surface area contributed by atoms with Crippen LogP contribution in [0.15, 0.2) is 18.3 Å². The summed E-state index contributed by atoms with van der Waals surface area (Å²) in [7, 11) is 0. The molecular weight excluding hydrogens is 252 g/mol. The first kappa shape index (κ1) is 16.9. The summed E-state index contributed by atoms with van der Waals surface area (Å²) in [5.41, 5.74) is 1.18. The maximum atomic E-state index is 5.55. The fraction of sp³-hybridized carbons (Fsp3) is 0.688. The summed E-state index contributed by atoms with van der Waals surface area (Å²) in [6.07, 6.45) is 3.01. The molecule has 0 saturated heterocycles. The van der Waals surface area contributed by atoms with Gasteiger partial charge in [0.25, 0.3) is 0 Å². The van der Waals surface area contributed by atoms with Gasteiger partial charge in [-0.25, -0.2) is 4.98 Å². The van der Waals surface area contributed by atoms with Crippen molar-refractivity contribution in [2.75, 3.05) is 26.4 Å². The van der Waals surface area contributed by atoms with E-state index in [2.05, 4.69) is 44.1 Å². The van der Waals surface area contributed by atoms with Crippen molar-refractivity contribution in [1.29, 1.82) is 0 Å². The molecular formula is C16H28N2O2. The molecule has 4 heteroatoms. The van der Waals surface area contributed by atoms with Crippen LogP contribution in [-0.2, 0) is 4.74 Å². The first-order chi connectivity index (χ1) is 9.63. The van der Waals surface area contributed by atoms with E-state index in [1.807, 2.05) is 12.3 Å². The first-order valence-corrected chi connectivity index (χ1v) is 7.53. The average molecular weight is 280 g/mol. The van der Waals surface area contributed by atoms with E-state index in [-0.39, 0.29) is 0 Å². The van der Waals surface area contributed by atoms with Crippen LogP contribution in [0.4, 0.5) is 0 Å². The normalized spacial score (nSPS) is 12.7. The molecule has 0 radical (unpaired) electrons. The molecule has 1 atom stereocenters. The SMILES string of the molecule is CCCNC(C)c1ccc(OCCOCC(C)C)nc1. The highest BCUT2D eigenvalue weighted by Gasteiger charge is 2.05. The minimum atomic E-state index is 0.325. The number of nitrogens with zero attached hydrogens (tertiary/aromatic N) is 1. The van der Waals surface area contributed by atoms with Crippen LogP contribution in [0, 0.1) is 5.92 Å². The van der Waals surface area contributed by atoms with Crippen molar-refractivity contribution in [3.8, 4) is 5.88 Å². The molecule has 0 fully saturated rings. The van der Waals surface area contributed by atoms with Gasteiger partial charge in [-0.1, -0.05) is 26.8 Å². The lowest BCUT2D eigenvalue weighted by atomic mass is 10.1. The van der Waals surface area contributed by atoms with Crippen LogP contribution >= 0.6 is 0 Å². The maximum absolute atomic E-state index is 5.55. The second-order valence-corrected chi connectivity index (χ2v) is 5.42. The van der Waals surface area contributed by atoms with Crippen molar-refractivity contribution in [2.45, 2.75) is 40.2 Å². The van der Waals surface area contributed by atoms with E-state index in [4.69, 9.17) is 9.47 Å². The van der Waals surface area contributed by atoms with Crippen LogP contribution in [0.25, 0.3) is 0 Å². The number of nitrogens with one attached hydrogen (secondary N) is 1. The van der Waals surface area contributed by atoms with Crippen molar-refractivity contribution >= 4 is 0 Å². The van der Waals surface area contributed by atoms with Crippen LogP contribution in [0.1, 0.15) is 45.7 Å². The summed E-state index contributed by atoms with van der Waals surface area (Å²) in [5.74, 6) is 1.22. The van der Waals surface area contributed by atoms with Crippen molar-refractivity contribution in [3.63, 3.8) is 0 Å². The monoisotopic (exact) mass is 280 g/mol. The summed E-state index contributed by atoms with van der Waals surface area (Å²) in [6, 6.07) is 4.30. The first-order valence-electron chi connectivity index (χ1n) is 7.53. The van der Waals surface area contributed by atoms with E-state index in [1.54, 1.807) is 0 Å². The zero-order valence-corrected chi connectivity index (χ0v) is 13.2. The van der Waals surface area contributed by atoms with Crippen molar-refractivity contribution in [2.24, 2.45) is 5.92 Å². The number of hydrogen-bond donors (Lipinski definition) is 1. The molecule has 1 rings (SSSR count). The molecule has 114 valence electrons. The zero-order chi connectivity index (χ0) is 14.8. The molecule has 0 amide bonds. The largest absolute Gasteiger partial charge is 0.475 e. The van der Waals surface area contributed by atoms with Gasteiger partial charge in [-0.3, -0.25) is 0 Å². The standard InChI is InChI=1S/C16H28N2O2/c1-5-8-17-14(4)15-6-7-16(18-11-15)20-10-9-19-12-13(2)3/h6-7,11,13-14,17H,5,8-10,12H2,1-4H3. The summed E-state index contributed by atoms with van der Waals surface area (Å²) >= 11 is 0. The second kappa shape index (κ2) is 9.72. The molecule has 1 aromatic heterocycles. The topological polar surface area (TPSA) is 43.4 Å². The van der Waals surface area contributed by atoms with Crippen molar-refractivity contribution in [1.82, 2.24) is 10.3 Å². The Kier molecular flexibility index (Phi) is 8.23. The van der Waals surface area contributed by atoms with Crippen LogP contribution in [-0.4, -0.2) is 31.3 Å². The fourth-order valence-electron chi connectivity index (χ4n) is 1.74. The minimum Gasteiger partial charge on any atom is -0.475 e. The number of pyridine rings is 1. The lowest BCUT2D eigenvalue weighted by Gasteiger charge is -2.13. The highest BCUT2D eigenvalue weighted by Crippen LogP contribution is 2.14. The molecule has 1 unspecified atom stereocenters. The predicted octanol–water partition coefficient (Wildman–Crippen LogP) is 3.19. The molecule has 4 nitrogen and oxygen atoms in total. The molecule has 0 spiro atoms. The van der Waals surface area contributed by atoms with Gasteiger partial charge < -0.3 is 14.8 Å². The quantitative estimate of drug-likeness (QED) is 0.668. The molecule has 1 heterocycles. The van der Waals surface area contributed by atoms with Crippen LogP contribution in [0.5, 0.6) is 5.88 Å². The van der Waals surface area contributed by atoms with Gasteiger partial charge in [0.1, 0.15) is 6.61 Å².